The molecule has 5 nitrogen and oxygen atoms in total. The number of carbonyl (C=O) groups excluding carboxylic acids is 1. The number of ether oxygens (including phenoxy) is 1. The first-order chi connectivity index (χ1) is 11.5. The molecular weight excluding hydrogens is 302 g/mol. The van der Waals surface area contributed by atoms with Gasteiger partial charge >= 0.3 is 0 Å². The summed E-state index contributed by atoms with van der Waals surface area (Å²) < 4.78 is 5.46. The second kappa shape index (κ2) is 8.15. The third-order valence-corrected chi connectivity index (χ3v) is 3.57. The molecule has 0 saturated heterocycles. The first kappa shape index (κ1) is 17.5. The normalized spacial score (nSPS) is 11.4. The Balaban J connectivity index is 1.85. The predicted molar refractivity (Wildman–Crippen MR) is 97.2 cm³/mol. The van der Waals surface area contributed by atoms with E-state index < -0.39 is 0 Å². The highest BCUT2D eigenvalue weighted by Crippen LogP contribution is 2.18. The van der Waals surface area contributed by atoms with Crippen LogP contribution in [0.5, 0.6) is 5.75 Å². The molecule has 0 saturated carbocycles. The van der Waals surface area contributed by atoms with Crippen LogP contribution in [0.15, 0.2) is 53.6 Å². The zero-order valence-electron chi connectivity index (χ0n) is 14.2. The zero-order valence-corrected chi connectivity index (χ0v) is 14.2. The Labute approximate surface area is 142 Å². The fourth-order valence-electron chi connectivity index (χ4n) is 2.10. The fourth-order valence-corrected chi connectivity index (χ4v) is 2.10. The third-order valence-electron chi connectivity index (χ3n) is 3.57. The van der Waals surface area contributed by atoms with E-state index in [2.05, 4.69) is 24.4 Å². The fraction of sp³-hybridized carbons (Fsp3) is 0.263. The number of anilines is 1. The standard InChI is InChI=1S/C19H23N3O2/c1-13(2)15-7-9-18(10-8-15)24-12-19(23)22-21-14(3)16-5-4-6-17(20)11-16/h4-11,13H,12,20H2,1-3H3,(H,22,23). The summed E-state index contributed by atoms with van der Waals surface area (Å²) in [6.45, 7) is 5.98. The molecule has 0 heterocycles. The van der Waals surface area contributed by atoms with Gasteiger partial charge in [-0.2, -0.15) is 5.10 Å². The maximum Gasteiger partial charge on any atom is 0.277 e. The van der Waals surface area contributed by atoms with Crippen LogP contribution < -0.4 is 15.9 Å². The second-order valence-electron chi connectivity index (χ2n) is 5.87. The van der Waals surface area contributed by atoms with Gasteiger partial charge in [0, 0.05) is 5.69 Å². The van der Waals surface area contributed by atoms with Crippen molar-refractivity contribution in [1.82, 2.24) is 5.43 Å². The number of nitrogens with zero attached hydrogens (tertiary/aromatic N) is 1. The summed E-state index contributed by atoms with van der Waals surface area (Å²) in [6.07, 6.45) is 0. The van der Waals surface area contributed by atoms with Crippen LogP contribution in [0.1, 0.15) is 37.8 Å². The molecule has 2 aromatic carbocycles. The smallest absolute Gasteiger partial charge is 0.277 e. The van der Waals surface area contributed by atoms with E-state index in [0.717, 1.165) is 5.56 Å². The molecular formula is C19H23N3O2. The Morgan fingerprint density at radius 2 is 1.92 bits per heavy atom. The van der Waals surface area contributed by atoms with Crippen molar-refractivity contribution < 1.29 is 9.53 Å². The van der Waals surface area contributed by atoms with E-state index in [1.807, 2.05) is 36.4 Å². The van der Waals surface area contributed by atoms with Crippen LogP contribution in [0.3, 0.4) is 0 Å². The van der Waals surface area contributed by atoms with E-state index in [1.165, 1.54) is 5.56 Å². The quantitative estimate of drug-likeness (QED) is 0.486. The first-order valence-corrected chi connectivity index (χ1v) is 7.87. The summed E-state index contributed by atoms with van der Waals surface area (Å²) in [7, 11) is 0. The Morgan fingerprint density at radius 3 is 2.54 bits per heavy atom. The van der Waals surface area contributed by atoms with Crippen LogP contribution >= 0.6 is 0 Å². The lowest BCUT2D eigenvalue weighted by Gasteiger charge is -2.08. The van der Waals surface area contributed by atoms with Gasteiger partial charge in [-0.1, -0.05) is 38.1 Å². The molecule has 0 fully saturated rings. The number of hydrogen-bond donors (Lipinski definition) is 2. The van der Waals surface area contributed by atoms with Gasteiger partial charge in [0.1, 0.15) is 5.75 Å². The van der Waals surface area contributed by atoms with E-state index in [0.29, 0.717) is 23.1 Å². The van der Waals surface area contributed by atoms with Crippen molar-refractivity contribution in [2.24, 2.45) is 5.10 Å². The molecule has 3 N–H and O–H groups in total. The summed E-state index contributed by atoms with van der Waals surface area (Å²) in [6, 6.07) is 15.1. The highest BCUT2D eigenvalue weighted by molar-refractivity contribution is 5.99. The lowest BCUT2D eigenvalue weighted by atomic mass is 10.0. The van der Waals surface area contributed by atoms with Crippen LogP contribution in [0.25, 0.3) is 0 Å². The van der Waals surface area contributed by atoms with Crippen LogP contribution in [0.2, 0.25) is 0 Å². The summed E-state index contributed by atoms with van der Waals surface area (Å²) >= 11 is 0. The largest absolute Gasteiger partial charge is 0.484 e. The lowest BCUT2D eigenvalue weighted by Crippen LogP contribution is -2.25. The monoisotopic (exact) mass is 325 g/mol. The minimum Gasteiger partial charge on any atom is -0.484 e. The van der Waals surface area contributed by atoms with Crippen LogP contribution in [0, 0.1) is 0 Å². The van der Waals surface area contributed by atoms with E-state index >= 15 is 0 Å². The van der Waals surface area contributed by atoms with E-state index in [9.17, 15) is 4.79 Å². The van der Waals surface area contributed by atoms with Gasteiger partial charge in [0.2, 0.25) is 0 Å². The Bertz CT molecular complexity index is 722. The lowest BCUT2D eigenvalue weighted by molar-refractivity contribution is -0.123. The highest BCUT2D eigenvalue weighted by Gasteiger charge is 2.04. The van der Waals surface area contributed by atoms with Gasteiger partial charge in [-0.15, -0.1) is 0 Å². The van der Waals surface area contributed by atoms with Gasteiger partial charge in [0.25, 0.3) is 5.91 Å². The molecule has 1 amide bonds. The van der Waals surface area contributed by atoms with Gasteiger partial charge < -0.3 is 10.5 Å². The van der Waals surface area contributed by atoms with Gasteiger partial charge in [0.05, 0.1) is 5.71 Å². The van der Waals surface area contributed by atoms with E-state index in [1.54, 1.807) is 19.1 Å². The molecule has 0 aliphatic carbocycles. The number of nitrogens with one attached hydrogen (secondary N) is 1. The van der Waals surface area contributed by atoms with Crippen molar-refractivity contribution in [3.63, 3.8) is 0 Å². The van der Waals surface area contributed by atoms with Crippen molar-refractivity contribution in [2.45, 2.75) is 26.7 Å². The third kappa shape index (κ3) is 5.12. The maximum atomic E-state index is 11.8. The number of amides is 1. The van der Waals surface area contributed by atoms with E-state index in [4.69, 9.17) is 10.5 Å². The number of hydrazone groups is 1. The van der Waals surface area contributed by atoms with Crippen molar-refractivity contribution in [2.75, 3.05) is 12.3 Å². The van der Waals surface area contributed by atoms with Crippen molar-refractivity contribution in [1.29, 1.82) is 0 Å². The average molecular weight is 325 g/mol. The Kier molecular flexibility index (Phi) is 5.95. The molecule has 2 rings (SSSR count). The summed E-state index contributed by atoms with van der Waals surface area (Å²) in [4.78, 5) is 11.8. The average Bonchev–Trinajstić information content (AvgIpc) is 2.58. The molecule has 0 aliphatic heterocycles. The molecule has 2 aromatic rings. The highest BCUT2D eigenvalue weighted by atomic mass is 16.5. The van der Waals surface area contributed by atoms with Crippen molar-refractivity contribution in [3.05, 3.63) is 59.7 Å². The van der Waals surface area contributed by atoms with Crippen LogP contribution in [-0.2, 0) is 4.79 Å². The van der Waals surface area contributed by atoms with Crippen molar-refractivity contribution >= 4 is 17.3 Å². The topological polar surface area (TPSA) is 76.7 Å². The molecule has 0 atom stereocenters. The Morgan fingerprint density at radius 1 is 1.21 bits per heavy atom. The van der Waals surface area contributed by atoms with Crippen molar-refractivity contribution in [3.8, 4) is 5.75 Å². The molecule has 0 radical (unpaired) electrons. The van der Waals surface area contributed by atoms with Crippen LogP contribution in [-0.4, -0.2) is 18.2 Å². The number of rotatable bonds is 6. The van der Waals surface area contributed by atoms with Gasteiger partial charge in [-0.3, -0.25) is 4.79 Å². The molecule has 0 aromatic heterocycles. The molecule has 0 spiro atoms. The minimum atomic E-state index is -0.314. The molecule has 0 aliphatic rings. The van der Waals surface area contributed by atoms with E-state index in [-0.39, 0.29) is 12.5 Å². The predicted octanol–water partition coefficient (Wildman–Crippen LogP) is 3.31. The first-order valence-electron chi connectivity index (χ1n) is 7.87. The minimum absolute atomic E-state index is 0.0886. The molecule has 0 bridgehead atoms. The summed E-state index contributed by atoms with van der Waals surface area (Å²) in [5, 5.41) is 4.07. The number of benzene rings is 2. The Hall–Kier alpha value is -2.82. The zero-order chi connectivity index (χ0) is 17.5. The van der Waals surface area contributed by atoms with Gasteiger partial charge in [-0.05, 0) is 48.2 Å². The molecule has 5 heteroatoms. The molecule has 0 unspecified atom stereocenters. The number of carbonyl (C=O) groups is 1. The number of nitrogen functional groups attached to an aromatic ring is 1. The number of nitrogens with two attached hydrogens (primary N) is 1. The number of hydrogen-bond acceptors (Lipinski definition) is 4. The van der Waals surface area contributed by atoms with Gasteiger partial charge in [-0.25, -0.2) is 5.43 Å². The summed E-state index contributed by atoms with van der Waals surface area (Å²) in [5.74, 6) is 0.809. The van der Waals surface area contributed by atoms with Crippen LogP contribution in [0.4, 0.5) is 5.69 Å². The van der Waals surface area contributed by atoms with Gasteiger partial charge in [0.15, 0.2) is 6.61 Å². The second-order valence-corrected chi connectivity index (χ2v) is 5.87. The summed E-state index contributed by atoms with van der Waals surface area (Å²) in [5.41, 5.74) is 11.6. The maximum absolute atomic E-state index is 11.8. The SMILES string of the molecule is CC(=NNC(=O)COc1ccc(C(C)C)cc1)c1cccc(N)c1. The molecule has 126 valence electrons. The molecule has 24 heavy (non-hydrogen) atoms.